The van der Waals surface area contributed by atoms with Gasteiger partial charge in [0.15, 0.2) is 0 Å². The van der Waals surface area contributed by atoms with Gasteiger partial charge in [-0.3, -0.25) is 24.5 Å². The lowest BCUT2D eigenvalue weighted by Gasteiger charge is -2.43. The smallest absolute Gasteiger partial charge is 0.273 e. The fraction of sp³-hybridized carbons (Fsp3) is 0.300. The lowest BCUT2D eigenvalue weighted by Crippen LogP contribution is -2.57. The number of para-hydroxylation sites is 1. The number of benzene rings is 3. The van der Waals surface area contributed by atoms with Gasteiger partial charge in [0.05, 0.1) is 18.7 Å². The van der Waals surface area contributed by atoms with Gasteiger partial charge in [0, 0.05) is 47.7 Å². The maximum absolute atomic E-state index is 14.0. The summed E-state index contributed by atoms with van der Waals surface area (Å²) in [6, 6.07) is 21.0. The number of likely N-dealkylation sites (tertiary alicyclic amines) is 1. The number of ether oxygens (including phenoxy) is 1. The highest BCUT2D eigenvalue weighted by Gasteiger charge is 2.54. The molecule has 3 amide bonds. The Labute approximate surface area is 237 Å². The summed E-state index contributed by atoms with van der Waals surface area (Å²) in [5.74, 6) is -0.199. The van der Waals surface area contributed by atoms with E-state index in [9.17, 15) is 24.5 Å². The standard InChI is InChI=1S/C30H31N5O6/c1-21-11-12-22(17-26(21)35(39)40)28(37)32-15-13-30(14-16-32)29(38)33(20-34(30)24-8-4-3-5-9-24)19-27(36)31-23-7-6-10-25(18-23)41-2/h3-12,17-18H,13-16,19-20H2,1-2H3,(H,31,36). The number of nitrogens with zero attached hydrogens (tertiary/aromatic N) is 4. The maximum Gasteiger partial charge on any atom is 0.273 e. The number of piperidine rings is 1. The van der Waals surface area contributed by atoms with Crippen molar-refractivity contribution in [1.82, 2.24) is 9.80 Å². The van der Waals surface area contributed by atoms with E-state index >= 15 is 0 Å². The summed E-state index contributed by atoms with van der Waals surface area (Å²) in [4.78, 5) is 56.3. The lowest BCUT2D eigenvalue weighted by molar-refractivity contribution is -0.385. The molecule has 0 aliphatic carbocycles. The van der Waals surface area contributed by atoms with Crippen molar-refractivity contribution in [2.75, 3.05) is 43.6 Å². The number of nitro benzene ring substituents is 1. The second-order valence-corrected chi connectivity index (χ2v) is 10.3. The average molecular weight is 558 g/mol. The third-order valence-corrected chi connectivity index (χ3v) is 7.80. The summed E-state index contributed by atoms with van der Waals surface area (Å²) in [6.45, 7) is 2.31. The first-order valence-electron chi connectivity index (χ1n) is 13.3. The van der Waals surface area contributed by atoms with E-state index in [0.717, 1.165) is 5.69 Å². The number of nitro groups is 1. The number of methoxy groups -OCH3 is 1. The zero-order valence-corrected chi connectivity index (χ0v) is 22.9. The van der Waals surface area contributed by atoms with Crippen LogP contribution in [0.1, 0.15) is 28.8 Å². The lowest BCUT2D eigenvalue weighted by atomic mass is 9.85. The molecule has 2 aliphatic heterocycles. The van der Waals surface area contributed by atoms with Crippen molar-refractivity contribution in [2.45, 2.75) is 25.3 Å². The number of carbonyl (C=O) groups is 3. The molecule has 0 aromatic heterocycles. The third kappa shape index (κ3) is 5.43. The minimum Gasteiger partial charge on any atom is -0.497 e. The number of aryl methyl sites for hydroxylation is 1. The Bertz CT molecular complexity index is 1490. The molecular formula is C30H31N5O6. The molecule has 2 heterocycles. The number of nitrogens with one attached hydrogen (secondary N) is 1. The highest BCUT2D eigenvalue weighted by Crippen LogP contribution is 2.40. The van der Waals surface area contributed by atoms with E-state index in [1.807, 2.05) is 35.2 Å². The fourth-order valence-corrected chi connectivity index (χ4v) is 5.60. The molecule has 11 nitrogen and oxygen atoms in total. The van der Waals surface area contributed by atoms with Crippen molar-refractivity contribution in [1.29, 1.82) is 0 Å². The Kier molecular flexibility index (Phi) is 7.60. The average Bonchev–Trinajstić information content (AvgIpc) is 3.23. The molecule has 11 heteroatoms. The van der Waals surface area contributed by atoms with E-state index in [2.05, 4.69) is 5.32 Å². The van der Waals surface area contributed by atoms with Crippen molar-refractivity contribution in [3.8, 4) is 5.75 Å². The van der Waals surface area contributed by atoms with Gasteiger partial charge in [0.25, 0.3) is 17.5 Å². The third-order valence-electron chi connectivity index (χ3n) is 7.80. The van der Waals surface area contributed by atoms with E-state index in [0.29, 0.717) is 42.9 Å². The Morgan fingerprint density at radius 1 is 1.02 bits per heavy atom. The largest absolute Gasteiger partial charge is 0.497 e. The van der Waals surface area contributed by atoms with Crippen LogP contribution in [0.2, 0.25) is 0 Å². The summed E-state index contributed by atoms with van der Waals surface area (Å²) in [7, 11) is 1.55. The fourth-order valence-electron chi connectivity index (χ4n) is 5.60. The number of anilines is 2. The predicted molar refractivity (Wildman–Crippen MR) is 153 cm³/mol. The quantitative estimate of drug-likeness (QED) is 0.346. The first-order valence-corrected chi connectivity index (χ1v) is 13.3. The first kappa shape index (κ1) is 27.6. The molecule has 41 heavy (non-hydrogen) atoms. The van der Waals surface area contributed by atoms with Crippen molar-refractivity contribution in [3.05, 3.63) is 94.0 Å². The molecule has 5 rings (SSSR count). The van der Waals surface area contributed by atoms with Crippen LogP contribution >= 0.6 is 0 Å². The van der Waals surface area contributed by atoms with Gasteiger partial charge in [-0.25, -0.2) is 0 Å². The van der Waals surface area contributed by atoms with Gasteiger partial charge in [-0.05, 0) is 50.1 Å². The first-order chi connectivity index (χ1) is 19.7. The number of rotatable bonds is 7. The molecule has 2 aliphatic rings. The molecule has 0 bridgehead atoms. The monoisotopic (exact) mass is 557 g/mol. The highest BCUT2D eigenvalue weighted by molar-refractivity contribution is 6.00. The Balaban J connectivity index is 1.34. The summed E-state index contributed by atoms with van der Waals surface area (Å²) >= 11 is 0. The molecule has 1 N–H and O–H groups in total. The zero-order chi connectivity index (χ0) is 29.1. The topological polar surface area (TPSA) is 125 Å². The van der Waals surface area contributed by atoms with Gasteiger partial charge >= 0.3 is 0 Å². The molecule has 0 radical (unpaired) electrons. The van der Waals surface area contributed by atoms with Crippen LogP contribution in [-0.2, 0) is 9.59 Å². The van der Waals surface area contributed by atoms with Crippen molar-refractivity contribution >= 4 is 34.8 Å². The van der Waals surface area contributed by atoms with E-state index in [1.54, 1.807) is 60.2 Å². The number of carbonyl (C=O) groups excluding carboxylic acids is 3. The van der Waals surface area contributed by atoms with Crippen LogP contribution in [0.5, 0.6) is 5.75 Å². The van der Waals surface area contributed by atoms with Gasteiger partial charge in [-0.15, -0.1) is 0 Å². The van der Waals surface area contributed by atoms with Crippen molar-refractivity contribution < 1.29 is 24.0 Å². The Hall–Kier alpha value is -4.93. The summed E-state index contributed by atoms with van der Waals surface area (Å²) in [6.07, 6.45) is 0.711. The van der Waals surface area contributed by atoms with Crippen LogP contribution in [0.4, 0.5) is 17.1 Å². The molecule has 0 atom stereocenters. The van der Waals surface area contributed by atoms with E-state index < -0.39 is 10.5 Å². The highest BCUT2D eigenvalue weighted by atomic mass is 16.6. The molecule has 212 valence electrons. The van der Waals surface area contributed by atoms with Gasteiger partial charge in [0.1, 0.15) is 17.8 Å². The van der Waals surface area contributed by atoms with Crippen LogP contribution in [0, 0.1) is 17.0 Å². The van der Waals surface area contributed by atoms with Gasteiger partial charge in [-0.2, -0.15) is 0 Å². The Morgan fingerprint density at radius 2 is 1.76 bits per heavy atom. The second kappa shape index (κ2) is 11.3. The van der Waals surface area contributed by atoms with Gasteiger partial charge in [-0.1, -0.05) is 30.3 Å². The normalized spacial score (nSPS) is 16.1. The minimum absolute atomic E-state index is 0.103. The van der Waals surface area contributed by atoms with Crippen LogP contribution in [-0.4, -0.2) is 71.4 Å². The summed E-state index contributed by atoms with van der Waals surface area (Å²) < 4.78 is 5.22. The molecule has 2 fully saturated rings. The summed E-state index contributed by atoms with van der Waals surface area (Å²) in [5.41, 5.74) is 1.12. The van der Waals surface area contributed by atoms with Crippen LogP contribution in [0.15, 0.2) is 72.8 Å². The summed E-state index contributed by atoms with van der Waals surface area (Å²) in [5, 5.41) is 14.2. The Morgan fingerprint density at radius 3 is 2.44 bits per heavy atom. The van der Waals surface area contributed by atoms with Gasteiger partial charge < -0.3 is 24.8 Å². The van der Waals surface area contributed by atoms with E-state index in [-0.39, 0.29) is 42.2 Å². The molecule has 0 unspecified atom stereocenters. The molecule has 3 aromatic carbocycles. The van der Waals surface area contributed by atoms with Crippen molar-refractivity contribution in [2.24, 2.45) is 0 Å². The molecule has 0 saturated carbocycles. The maximum atomic E-state index is 14.0. The van der Waals surface area contributed by atoms with Crippen molar-refractivity contribution in [3.63, 3.8) is 0 Å². The van der Waals surface area contributed by atoms with E-state index in [1.165, 1.54) is 6.07 Å². The SMILES string of the molecule is COc1cccc(NC(=O)CN2CN(c3ccccc3)C3(CCN(C(=O)c4ccc(C)c([N+](=O)[O-])c4)CC3)C2=O)c1. The van der Waals surface area contributed by atoms with Crippen LogP contribution in [0.3, 0.4) is 0 Å². The van der Waals surface area contributed by atoms with Gasteiger partial charge in [0.2, 0.25) is 5.91 Å². The number of amides is 3. The minimum atomic E-state index is -0.923. The van der Waals surface area contributed by atoms with E-state index in [4.69, 9.17) is 4.74 Å². The predicted octanol–water partition coefficient (Wildman–Crippen LogP) is 3.83. The molecule has 2 saturated heterocycles. The molecule has 3 aromatic rings. The zero-order valence-electron chi connectivity index (χ0n) is 22.9. The molecular weight excluding hydrogens is 526 g/mol. The number of hydrogen-bond donors (Lipinski definition) is 1. The van der Waals surface area contributed by atoms with Crippen LogP contribution < -0.4 is 15.0 Å². The number of hydrogen-bond acceptors (Lipinski definition) is 7. The van der Waals surface area contributed by atoms with Crippen LogP contribution in [0.25, 0.3) is 0 Å². The molecule has 1 spiro atoms. The second-order valence-electron chi connectivity index (χ2n) is 10.3.